The van der Waals surface area contributed by atoms with Crippen molar-refractivity contribution in [2.24, 2.45) is 0 Å². The molecule has 0 saturated carbocycles. The zero-order valence-electron chi connectivity index (χ0n) is 7.81. The number of hydrogen-bond donors (Lipinski definition) is 1. The first-order valence-electron chi connectivity index (χ1n) is 4.48. The van der Waals surface area contributed by atoms with Gasteiger partial charge in [0.25, 0.3) is 0 Å². The largest absolute Gasteiger partial charge is 0.495 e. The Kier molecular flexibility index (Phi) is 2.88. The SMILES string of the molecule is COc1ccc2c(c1Cl)C(Br)CCN2. The topological polar surface area (TPSA) is 21.3 Å². The van der Waals surface area contributed by atoms with Gasteiger partial charge in [0.15, 0.2) is 0 Å². The maximum Gasteiger partial charge on any atom is 0.137 e. The van der Waals surface area contributed by atoms with Crippen LogP contribution in [0, 0.1) is 0 Å². The highest BCUT2D eigenvalue weighted by atomic mass is 79.9. The molecule has 1 aliphatic heterocycles. The number of ether oxygens (including phenoxy) is 1. The Morgan fingerprint density at radius 3 is 3.07 bits per heavy atom. The van der Waals surface area contributed by atoms with Crippen LogP contribution in [0.2, 0.25) is 5.02 Å². The predicted octanol–water partition coefficient (Wildman–Crippen LogP) is 3.60. The van der Waals surface area contributed by atoms with Gasteiger partial charge in [-0.2, -0.15) is 0 Å². The summed E-state index contributed by atoms with van der Waals surface area (Å²) in [5.74, 6) is 0.735. The van der Waals surface area contributed by atoms with Gasteiger partial charge in [-0.1, -0.05) is 27.5 Å². The number of alkyl halides is 1. The molecule has 2 nitrogen and oxygen atoms in total. The lowest BCUT2D eigenvalue weighted by Gasteiger charge is -2.24. The normalized spacial score (nSPS) is 19.8. The number of rotatable bonds is 1. The second kappa shape index (κ2) is 3.99. The van der Waals surface area contributed by atoms with Crippen molar-refractivity contribution >= 4 is 33.2 Å². The van der Waals surface area contributed by atoms with Crippen molar-refractivity contribution in [2.45, 2.75) is 11.2 Å². The van der Waals surface area contributed by atoms with Gasteiger partial charge in [-0.15, -0.1) is 0 Å². The van der Waals surface area contributed by atoms with Crippen LogP contribution in [0.4, 0.5) is 5.69 Å². The van der Waals surface area contributed by atoms with E-state index in [2.05, 4.69) is 21.2 Å². The Balaban J connectivity index is 2.54. The lowest BCUT2D eigenvalue weighted by molar-refractivity contribution is 0.414. The Morgan fingerprint density at radius 1 is 1.57 bits per heavy atom. The first kappa shape index (κ1) is 10.1. The molecular formula is C10H11BrClNO. The summed E-state index contributed by atoms with van der Waals surface area (Å²) in [6.07, 6.45) is 1.04. The molecule has 0 aliphatic carbocycles. The van der Waals surface area contributed by atoms with Gasteiger partial charge in [0.05, 0.1) is 12.1 Å². The Morgan fingerprint density at radius 2 is 2.36 bits per heavy atom. The minimum atomic E-state index is 0.321. The maximum atomic E-state index is 6.23. The number of halogens is 2. The lowest BCUT2D eigenvalue weighted by Crippen LogP contribution is -2.14. The standard InChI is InChI=1S/C10H11BrClNO/c1-14-8-3-2-7-9(10(8)12)6(11)4-5-13-7/h2-3,6,13H,4-5H2,1H3. The van der Waals surface area contributed by atoms with Gasteiger partial charge in [-0.3, -0.25) is 0 Å². The molecule has 0 aromatic heterocycles. The second-order valence-electron chi connectivity index (χ2n) is 3.23. The van der Waals surface area contributed by atoms with E-state index < -0.39 is 0 Å². The third-order valence-corrected chi connectivity index (χ3v) is 3.70. The average Bonchev–Trinajstić information content (AvgIpc) is 2.18. The molecular weight excluding hydrogens is 265 g/mol. The molecule has 0 amide bonds. The van der Waals surface area contributed by atoms with Crippen LogP contribution in [-0.4, -0.2) is 13.7 Å². The molecule has 1 unspecified atom stereocenters. The number of hydrogen-bond acceptors (Lipinski definition) is 2. The summed E-state index contributed by atoms with van der Waals surface area (Å²) in [6, 6.07) is 3.90. The van der Waals surface area contributed by atoms with Crippen LogP contribution >= 0.6 is 27.5 Å². The van der Waals surface area contributed by atoms with Crippen molar-refractivity contribution in [3.63, 3.8) is 0 Å². The van der Waals surface area contributed by atoms with E-state index in [0.717, 1.165) is 30.0 Å². The van der Waals surface area contributed by atoms with Crippen molar-refractivity contribution in [3.05, 3.63) is 22.7 Å². The molecule has 0 saturated heterocycles. The molecule has 0 radical (unpaired) electrons. The number of nitrogens with one attached hydrogen (secondary N) is 1. The van der Waals surface area contributed by atoms with E-state index in [1.165, 1.54) is 0 Å². The van der Waals surface area contributed by atoms with Crippen LogP contribution in [0.1, 0.15) is 16.8 Å². The molecule has 4 heteroatoms. The van der Waals surface area contributed by atoms with Gasteiger partial charge in [0.1, 0.15) is 5.75 Å². The van der Waals surface area contributed by atoms with Gasteiger partial charge in [-0.05, 0) is 18.6 Å². The van der Waals surface area contributed by atoms with Crippen molar-refractivity contribution < 1.29 is 4.74 Å². The predicted molar refractivity (Wildman–Crippen MR) is 62.8 cm³/mol. The number of fused-ring (bicyclic) bond motifs is 1. The van der Waals surface area contributed by atoms with Crippen molar-refractivity contribution in [1.29, 1.82) is 0 Å². The fourth-order valence-electron chi connectivity index (χ4n) is 1.67. The molecule has 2 rings (SSSR count). The first-order chi connectivity index (χ1) is 6.74. The van der Waals surface area contributed by atoms with E-state index >= 15 is 0 Å². The van der Waals surface area contributed by atoms with Gasteiger partial charge >= 0.3 is 0 Å². The summed E-state index contributed by atoms with van der Waals surface area (Å²) in [7, 11) is 1.63. The molecule has 0 bridgehead atoms. The third kappa shape index (κ3) is 1.59. The van der Waals surface area contributed by atoms with Crippen LogP contribution in [0.5, 0.6) is 5.75 Å². The minimum absolute atomic E-state index is 0.321. The molecule has 1 N–H and O–H groups in total. The summed E-state index contributed by atoms with van der Waals surface area (Å²) in [5.41, 5.74) is 2.21. The summed E-state index contributed by atoms with van der Waals surface area (Å²) in [4.78, 5) is 0.321. The average molecular weight is 277 g/mol. The smallest absolute Gasteiger partial charge is 0.137 e. The van der Waals surface area contributed by atoms with Gasteiger partial charge in [0.2, 0.25) is 0 Å². The van der Waals surface area contributed by atoms with E-state index in [1.54, 1.807) is 7.11 Å². The van der Waals surface area contributed by atoms with Crippen LogP contribution < -0.4 is 10.1 Å². The van der Waals surface area contributed by atoms with Crippen LogP contribution in [0.3, 0.4) is 0 Å². The highest BCUT2D eigenvalue weighted by molar-refractivity contribution is 9.09. The molecule has 0 spiro atoms. The summed E-state index contributed by atoms with van der Waals surface area (Å²) in [5, 5.41) is 4.02. The van der Waals surface area contributed by atoms with Gasteiger partial charge in [-0.25, -0.2) is 0 Å². The van der Waals surface area contributed by atoms with E-state index in [0.29, 0.717) is 9.85 Å². The molecule has 1 aliphatic rings. The van der Waals surface area contributed by atoms with Crippen molar-refractivity contribution in [3.8, 4) is 5.75 Å². The highest BCUT2D eigenvalue weighted by Gasteiger charge is 2.22. The third-order valence-electron chi connectivity index (χ3n) is 2.39. The summed E-state index contributed by atoms with van der Waals surface area (Å²) < 4.78 is 5.18. The molecule has 1 aromatic rings. The Hall–Kier alpha value is -0.410. The monoisotopic (exact) mass is 275 g/mol. The quantitative estimate of drug-likeness (QED) is 0.791. The lowest BCUT2D eigenvalue weighted by atomic mass is 10.0. The Bertz CT molecular complexity index is 356. The zero-order valence-corrected chi connectivity index (χ0v) is 10.2. The van der Waals surface area contributed by atoms with E-state index in [4.69, 9.17) is 16.3 Å². The summed E-state index contributed by atoms with van der Waals surface area (Å²) in [6.45, 7) is 0.978. The van der Waals surface area contributed by atoms with Crippen LogP contribution in [0.15, 0.2) is 12.1 Å². The number of benzene rings is 1. The molecule has 76 valence electrons. The maximum absolute atomic E-state index is 6.23. The molecule has 1 aromatic carbocycles. The van der Waals surface area contributed by atoms with E-state index in [9.17, 15) is 0 Å². The zero-order chi connectivity index (χ0) is 10.1. The van der Waals surface area contributed by atoms with E-state index in [1.807, 2.05) is 12.1 Å². The fraction of sp³-hybridized carbons (Fsp3) is 0.400. The summed E-state index contributed by atoms with van der Waals surface area (Å²) >= 11 is 9.85. The van der Waals surface area contributed by atoms with Gasteiger partial charge < -0.3 is 10.1 Å². The van der Waals surface area contributed by atoms with Crippen LogP contribution in [-0.2, 0) is 0 Å². The molecule has 1 atom stereocenters. The molecule has 1 heterocycles. The number of methoxy groups -OCH3 is 1. The molecule has 0 fully saturated rings. The van der Waals surface area contributed by atoms with Crippen LogP contribution in [0.25, 0.3) is 0 Å². The van der Waals surface area contributed by atoms with Crippen molar-refractivity contribution in [2.75, 3.05) is 19.0 Å². The second-order valence-corrected chi connectivity index (χ2v) is 4.71. The highest BCUT2D eigenvalue weighted by Crippen LogP contribution is 2.44. The van der Waals surface area contributed by atoms with E-state index in [-0.39, 0.29) is 0 Å². The van der Waals surface area contributed by atoms with Crippen molar-refractivity contribution in [1.82, 2.24) is 0 Å². The Labute approximate surface area is 96.7 Å². The number of anilines is 1. The first-order valence-corrected chi connectivity index (χ1v) is 5.77. The minimum Gasteiger partial charge on any atom is -0.495 e. The van der Waals surface area contributed by atoms with Gasteiger partial charge in [0, 0.05) is 22.6 Å². The molecule has 14 heavy (non-hydrogen) atoms. The fourth-order valence-corrected chi connectivity index (χ4v) is 2.88.